The topological polar surface area (TPSA) is 82.5 Å². The number of hydrogen-bond donors (Lipinski definition) is 0. The SMILES string of the molecule is CC(C)Oc1cc(C(C)(C)C)c(Cl)cc1C1=N[C@@H](c2ccc(Cl)cc2)[C@@H](c2ccc(Cl)cc2)N1C(=O)N1CCN(CCCS(C)(=O)=O)CC1. The van der Waals surface area contributed by atoms with Crippen LogP contribution in [0, 0.1) is 0 Å². The van der Waals surface area contributed by atoms with Crippen molar-refractivity contribution in [2.45, 2.75) is 64.6 Å². The fourth-order valence-electron chi connectivity index (χ4n) is 6.37. The molecule has 12 heteroatoms. The van der Waals surface area contributed by atoms with Crippen LogP contribution in [0.1, 0.15) is 75.4 Å². The van der Waals surface area contributed by atoms with Crippen molar-refractivity contribution in [2.75, 3.05) is 44.7 Å². The number of carbonyl (C=O) groups is 1. The predicted octanol–water partition coefficient (Wildman–Crippen LogP) is 8.45. The van der Waals surface area contributed by atoms with Crippen molar-refractivity contribution >= 4 is 56.5 Å². The molecule has 0 aromatic heterocycles. The number of amidine groups is 1. The van der Waals surface area contributed by atoms with Crippen molar-refractivity contribution in [3.05, 3.63) is 98.0 Å². The Hall–Kier alpha value is -2.82. The largest absolute Gasteiger partial charge is 0.490 e. The van der Waals surface area contributed by atoms with E-state index < -0.39 is 21.9 Å². The predicted molar refractivity (Wildman–Crippen MR) is 200 cm³/mol. The molecule has 8 nitrogen and oxygen atoms in total. The standard InChI is InChI=1S/C37H45Cl3N4O4S/c1-24(2)48-32-23-30(37(3,4)5)31(40)22-29(32)35-41-33(25-8-12-27(38)13-9-25)34(26-10-14-28(39)15-11-26)44(35)36(45)43-19-17-42(18-20-43)16-7-21-49(6,46)47/h8-15,22-24,33-34H,7,16-21H2,1-6H3/t33-,34+/m0/s1. The molecule has 0 unspecified atom stereocenters. The van der Waals surface area contributed by atoms with Gasteiger partial charge in [0.05, 0.1) is 23.5 Å². The third-order valence-corrected chi connectivity index (χ3v) is 10.7. The van der Waals surface area contributed by atoms with Gasteiger partial charge in [-0.05, 0) is 85.3 Å². The lowest BCUT2D eigenvalue weighted by atomic mass is 9.86. The van der Waals surface area contributed by atoms with E-state index in [1.165, 1.54) is 6.26 Å². The first-order valence-electron chi connectivity index (χ1n) is 16.6. The molecule has 0 radical (unpaired) electrons. The van der Waals surface area contributed by atoms with Gasteiger partial charge in [0, 0.05) is 47.5 Å². The highest BCUT2D eigenvalue weighted by molar-refractivity contribution is 7.90. The van der Waals surface area contributed by atoms with Gasteiger partial charge in [0.2, 0.25) is 0 Å². The summed E-state index contributed by atoms with van der Waals surface area (Å²) in [5, 5.41) is 1.76. The van der Waals surface area contributed by atoms with Gasteiger partial charge in [0.25, 0.3) is 0 Å². The van der Waals surface area contributed by atoms with Crippen LogP contribution < -0.4 is 4.74 Å². The lowest BCUT2D eigenvalue weighted by Crippen LogP contribution is -2.54. The van der Waals surface area contributed by atoms with Crippen LogP contribution in [-0.4, -0.2) is 85.8 Å². The van der Waals surface area contributed by atoms with Crippen LogP contribution in [-0.2, 0) is 15.3 Å². The Morgan fingerprint density at radius 1 is 0.918 bits per heavy atom. The Morgan fingerprint density at radius 3 is 2.02 bits per heavy atom. The monoisotopic (exact) mass is 746 g/mol. The number of piperazine rings is 1. The molecule has 0 N–H and O–H groups in total. The van der Waals surface area contributed by atoms with E-state index in [9.17, 15) is 13.2 Å². The molecule has 2 aliphatic heterocycles. The molecule has 3 aromatic rings. The van der Waals surface area contributed by atoms with Crippen LogP contribution in [0.25, 0.3) is 0 Å². The number of nitrogens with zero attached hydrogens (tertiary/aromatic N) is 4. The van der Waals surface area contributed by atoms with E-state index in [-0.39, 0.29) is 23.3 Å². The molecule has 0 spiro atoms. The molecule has 264 valence electrons. The van der Waals surface area contributed by atoms with Crippen molar-refractivity contribution in [1.29, 1.82) is 0 Å². The number of amides is 2. The first-order chi connectivity index (χ1) is 23.0. The Labute approximate surface area is 305 Å². The van der Waals surface area contributed by atoms with Crippen LogP contribution in [0.3, 0.4) is 0 Å². The Balaban J connectivity index is 1.61. The number of urea groups is 1. The van der Waals surface area contributed by atoms with Gasteiger partial charge in [-0.15, -0.1) is 0 Å². The van der Waals surface area contributed by atoms with Crippen molar-refractivity contribution in [1.82, 2.24) is 14.7 Å². The maximum atomic E-state index is 14.9. The average Bonchev–Trinajstić information content (AvgIpc) is 3.41. The summed E-state index contributed by atoms with van der Waals surface area (Å²) in [5.74, 6) is 1.22. The molecule has 0 saturated carbocycles. The molecule has 49 heavy (non-hydrogen) atoms. The summed E-state index contributed by atoms with van der Waals surface area (Å²) in [6.45, 7) is 13.1. The van der Waals surface area contributed by atoms with Gasteiger partial charge >= 0.3 is 6.03 Å². The second-order valence-electron chi connectivity index (χ2n) is 14.2. The minimum atomic E-state index is -3.03. The number of sulfone groups is 1. The van der Waals surface area contributed by atoms with Crippen molar-refractivity contribution in [3.63, 3.8) is 0 Å². The zero-order chi connectivity index (χ0) is 35.7. The Morgan fingerprint density at radius 2 is 1.49 bits per heavy atom. The fraction of sp³-hybridized carbons (Fsp3) is 0.459. The molecule has 2 heterocycles. The second kappa shape index (κ2) is 15.2. The van der Waals surface area contributed by atoms with E-state index in [4.69, 9.17) is 44.5 Å². The van der Waals surface area contributed by atoms with E-state index in [0.29, 0.717) is 71.4 Å². The minimum Gasteiger partial charge on any atom is -0.490 e. The van der Waals surface area contributed by atoms with Gasteiger partial charge < -0.3 is 9.64 Å². The van der Waals surface area contributed by atoms with Crippen LogP contribution >= 0.6 is 34.8 Å². The van der Waals surface area contributed by atoms with Crippen LogP contribution in [0.4, 0.5) is 4.79 Å². The maximum absolute atomic E-state index is 14.9. The van der Waals surface area contributed by atoms with Crippen molar-refractivity contribution in [2.24, 2.45) is 4.99 Å². The van der Waals surface area contributed by atoms with Gasteiger partial charge in [-0.2, -0.15) is 0 Å². The molecule has 3 aromatic carbocycles. The fourth-order valence-corrected chi connectivity index (χ4v) is 7.73. The summed E-state index contributed by atoms with van der Waals surface area (Å²) in [7, 11) is -3.03. The molecular weight excluding hydrogens is 703 g/mol. The highest BCUT2D eigenvalue weighted by Gasteiger charge is 2.45. The third-order valence-electron chi connectivity index (χ3n) is 8.81. The first kappa shape index (κ1) is 37.4. The molecule has 2 atom stereocenters. The normalized spacial score (nSPS) is 19.0. The van der Waals surface area contributed by atoms with E-state index >= 15 is 0 Å². The number of ether oxygens (including phenoxy) is 1. The minimum absolute atomic E-state index is 0.145. The first-order valence-corrected chi connectivity index (χ1v) is 19.8. The molecule has 0 aliphatic carbocycles. The molecule has 0 bridgehead atoms. The van der Waals surface area contributed by atoms with E-state index in [1.807, 2.05) is 79.4 Å². The molecule has 1 fully saturated rings. The average molecular weight is 748 g/mol. The number of hydrogen-bond acceptors (Lipinski definition) is 6. The molecular formula is C37H45Cl3N4O4S. The second-order valence-corrected chi connectivity index (χ2v) is 17.7. The highest BCUT2D eigenvalue weighted by Crippen LogP contribution is 2.47. The van der Waals surface area contributed by atoms with E-state index in [1.54, 1.807) is 4.90 Å². The third kappa shape index (κ3) is 9.11. The molecule has 2 amide bonds. The number of benzene rings is 3. The summed E-state index contributed by atoms with van der Waals surface area (Å²) in [5.41, 5.74) is 3.09. The molecule has 2 aliphatic rings. The zero-order valence-electron chi connectivity index (χ0n) is 28.9. The molecule has 5 rings (SSSR count). The highest BCUT2D eigenvalue weighted by atomic mass is 35.5. The Bertz CT molecular complexity index is 1780. The van der Waals surface area contributed by atoms with Crippen LogP contribution in [0.2, 0.25) is 15.1 Å². The van der Waals surface area contributed by atoms with Crippen molar-refractivity contribution < 1.29 is 17.9 Å². The van der Waals surface area contributed by atoms with Gasteiger partial charge in [-0.1, -0.05) is 79.8 Å². The quantitative estimate of drug-likeness (QED) is 0.220. The van der Waals surface area contributed by atoms with Crippen molar-refractivity contribution in [3.8, 4) is 5.75 Å². The number of aliphatic imine (C=N–C) groups is 1. The number of rotatable bonds is 9. The molecule has 1 saturated heterocycles. The Kier molecular flexibility index (Phi) is 11.6. The summed E-state index contributed by atoms with van der Waals surface area (Å²) in [6.07, 6.45) is 1.67. The van der Waals surface area contributed by atoms with Gasteiger partial charge in [-0.3, -0.25) is 14.8 Å². The smallest absolute Gasteiger partial charge is 0.326 e. The number of halogens is 3. The van der Waals surface area contributed by atoms with Crippen LogP contribution in [0.5, 0.6) is 5.75 Å². The lowest BCUT2D eigenvalue weighted by Gasteiger charge is -2.39. The van der Waals surface area contributed by atoms with Gasteiger partial charge in [0.15, 0.2) is 0 Å². The zero-order valence-corrected chi connectivity index (χ0v) is 32.0. The summed E-state index contributed by atoms with van der Waals surface area (Å²) in [4.78, 5) is 26.1. The summed E-state index contributed by atoms with van der Waals surface area (Å²) >= 11 is 19.7. The van der Waals surface area contributed by atoms with E-state index in [0.717, 1.165) is 16.7 Å². The summed E-state index contributed by atoms with van der Waals surface area (Å²) in [6, 6.07) is 17.8. The van der Waals surface area contributed by atoms with Gasteiger partial charge in [-0.25, -0.2) is 13.2 Å². The number of carbonyl (C=O) groups excluding carboxylic acids is 1. The summed E-state index contributed by atoms with van der Waals surface area (Å²) < 4.78 is 29.8. The lowest BCUT2D eigenvalue weighted by molar-refractivity contribution is 0.119. The van der Waals surface area contributed by atoms with Gasteiger partial charge in [0.1, 0.15) is 27.5 Å². The van der Waals surface area contributed by atoms with E-state index in [2.05, 4.69) is 25.7 Å². The maximum Gasteiger partial charge on any atom is 0.326 e. The van der Waals surface area contributed by atoms with Crippen LogP contribution in [0.15, 0.2) is 65.7 Å².